The molecule has 0 aromatic heterocycles. The number of allylic oxidation sites excluding steroid dienone is 2. The van der Waals surface area contributed by atoms with E-state index in [1.165, 1.54) is 0 Å². The molecule has 0 spiro atoms. The number of hydrogen-bond donors (Lipinski definition) is 1. The highest BCUT2D eigenvalue weighted by Crippen LogP contribution is 2.54. The minimum atomic E-state index is -0.698. The van der Waals surface area contributed by atoms with Gasteiger partial charge in [0.15, 0.2) is 0 Å². The van der Waals surface area contributed by atoms with E-state index < -0.39 is 23.8 Å². The maximum atomic E-state index is 12.9. The number of ether oxygens (including phenoxy) is 2. The number of amides is 1. The van der Waals surface area contributed by atoms with Crippen LogP contribution in [0.1, 0.15) is 47.2 Å². The van der Waals surface area contributed by atoms with Crippen molar-refractivity contribution >= 4 is 23.5 Å². The minimum Gasteiger partial charge on any atom is -0.466 e. The van der Waals surface area contributed by atoms with Crippen molar-refractivity contribution in [1.82, 2.24) is 0 Å². The fourth-order valence-corrected chi connectivity index (χ4v) is 4.70. The number of benzene rings is 2. The lowest BCUT2D eigenvalue weighted by Crippen LogP contribution is -2.45. The SMILES string of the molecule is CCOC(=O)C1C2C=CC(c3c(NC(=O)c4ccccc4)cccc32)C1C(=O)OCC. The van der Waals surface area contributed by atoms with Crippen molar-refractivity contribution in [3.8, 4) is 0 Å². The Bertz CT molecular complexity index is 1030. The Morgan fingerprint density at radius 1 is 0.806 bits per heavy atom. The van der Waals surface area contributed by atoms with Gasteiger partial charge in [-0.25, -0.2) is 0 Å². The van der Waals surface area contributed by atoms with Crippen molar-refractivity contribution in [3.63, 3.8) is 0 Å². The van der Waals surface area contributed by atoms with Crippen LogP contribution in [0.25, 0.3) is 0 Å². The van der Waals surface area contributed by atoms with Gasteiger partial charge in [0, 0.05) is 23.1 Å². The first-order valence-electron chi connectivity index (χ1n) is 10.6. The molecule has 5 rings (SSSR count). The molecular weight excluding hydrogens is 394 g/mol. The molecule has 4 unspecified atom stereocenters. The molecule has 1 amide bonds. The Kier molecular flexibility index (Phi) is 5.89. The third-order valence-electron chi connectivity index (χ3n) is 5.92. The van der Waals surface area contributed by atoms with Crippen LogP contribution in [-0.2, 0) is 19.1 Å². The van der Waals surface area contributed by atoms with Crippen molar-refractivity contribution in [2.24, 2.45) is 11.8 Å². The Hall–Kier alpha value is -3.41. The number of nitrogens with one attached hydrogen (secondary N) is 1. The maximum Gasteiger partial charge on any atom is 0.310 e. The lowest BCUT2D eigenvalue weighted by molar-refractivity contribution is -0.162. The van der Waals surface area contributed by atoms with Crippen molar-refractivity contribution < 1.29 is 23.9 Å². The third-order valence-corrected chi connectivity index (χ3v) is 5.92. The number of esters is 2. The minimum absolute atomic E-state index is 0.227. The van der Waals surface area contributed by atoms with Crippen LogP contribution < -0.4 is 5.32 Å². The smallest absolute Gasteiger partial charge is 0.310 e. The fraction of sp³-hybridized carbons (Fsp3) is 0.320. The Balaban J connectivity index is 1.75. The standard InChI is InChI=1S/C25H25NO5/c1-3-30-24(28)21-17-13-14-18(22(21)25(29)31-4-2)20-16(17)11-8-12-19(20)26-23(27)15-9-6-5-7-10-15/h5-14,17-18,21-22H,3-4H2,1-2H3,(H,26,27). The molecule has 3 aliphatic carbocycles. The number of rotatable bonds is 6. The molecule has 4 atom stereocenters. The summed E-state index contributed by atoms with van der Waals surface area (Å²) in [6.45, 7) is 3.96. The van der Waals surface area contributed by atoms with E-state index in [2.05, 4.69) is 5.32 Å². The highest BCUT2D eigenvalue weighted by atomic mass is 16.5. The zero-order valence-corrected chi connectivity index (χ0v) is 17.5. The van der Waals surface area contributed by atoms with Gasteiger partial charge in [-0.2, -0.15) is 0 Å². The quantitative estimate of drug-likeness (QED) is 0.564. The van der Waals surface area contributed by atoms with Gasteiger partial charge in [0.1, 0.15) is 0 Å². The molecular formula is C25H25NO5. The van der Waals surface area contributed by atoms with Gasteiger partial charge in [-0.05, 0) is 43.2 Å². The van der Waals surface area contributed by atoms with E-state index >= 15 is 0 Å². The molecule has 0 aliphatic heterocycles. The molecule has 2 aromatic carbocycles. The van der Waals surface area contributed by atoms with Crippen LogP contribution in [-0.4, -0.2) is 31.1 Å². The van der Waals surface area contributed by atoms with Crippen LogP contribution in [0.3, 0.4) is 0 Å². The van der Waals surface area contributed by atoms with Gasteiger partial charge in [-0.1, -0.05) is 42.5 Å². The van der Waals surface area contributed by atoms with Gasteiger partial charge < -0.3 is 14.8 Å². The Morgan fingerprint density at radius 2 is 1.42 bits per heavy atom. The molecule has 3 aliphatic rings. The van der Waals surface area contributed by atoms with Crippen molar-refractivity contribution in [2.45, 2.75) is 25.7 Å². The molecule has 6 nitrogen and oxygen atoms in total. The predicted octanol–water partition coefficient (Wildman–Crippen LogP) is 4.05. The molecule has 2 aromatic rings. The van der Waals surface area contributed by atoms with Crippen LogP contribution in [0.4, 0.5) is 5.69 Å². The first-order chi connectivity index (χ1) is 15.1. The molecule has 0 saturated carbocycles. The monoisotopic (exact) mass is 419 g/mol. The summed E-state index contributed by atoms with van der Waals surface area (Å²) < 4.78 is 10.6. The maximum absolute atomic E-state index is 12.9. The van der Waals surface area contributed by atoms with Crippen molar-refractivity contribution in [1.29, 1.82) is 0 Å². The number of fused-ring (bicyclic) bond motifs is 1. The number of hydrogen-bond acceptors (Lipinski definition) is 5. The van der Waals surface area contributed by atoms with E-state index in [9.17, 15) is 14.4 Å². The molecule has 2 bridgehead atoms. The van der Waals surface area contributed by atoms with Crippen LogP contribution >= 0.6 is 0 Å². The molecule has 160 valence electrons. The van der Waals surface area contributed by atoms with Crippen LogP contribution in [0, 0.1) is 11.8 Å². The van der Waals surface area contributed by atoms with Crippen molar-refractivity contribution in [2.75, 3.05) is 18.5 Å². The summed E-state index contributed by atoms with van der Waals surface area (Å²) in [5.41, 5.74) is 2.97. The number of carbonyl (C=O) groups excluding carboxylic acids is 3. The van der Waals surface area contributed by atoms with Gasteiger partial charge in [-0.3, -0.25) is 14.4 Å². The second kappa shape index (κ2) is 8.76. The summed E-state index contributed by atoms with van der Waals surface area (Å²) in [6.07, 6.45) is 3.91. The lowest BCUT2D eigenvalue weighted by atomic mass is 9.59. The Labute approximate surface area is 181 Å². The highest BCUT2D eigenvalue weighted by Gasteiger charge is 2.52. The largest absolute Gasteiger partial charge is 0.466 e. The van der Waals surface area contributed by atoms with E-state index in [0.29, 0.717) is 11.3 Å². The van der Waals surface area contributed by atoms with Crippen LogP contribution in [0.5, 0.6) is 0 Å². The normalized spacial score (nSPS) is 23.0. The van der Waals surface area contributed by atoms with E-state index in [1.807, 2.05) is 36.4 Å². The molecule has 6 heteroatoms. The summed E-state index contributed by atoms with van der Waals surface area (Å²) in [5, 5.41) is 2.99. The van der Waals surface area contributed by atoms with Gasteiger partial charge in [0.05, 0.1) is 25.0 Å². The molecule has 1 N–H and O–H groups in total. The van der Waals surface area contributed by atoms with E-state index in [4.69, 9.17) is 9.47 Å². The second-order valence-corrected chi connectivity index (χ2v) is 7.62. The fourth-order valence-electron chi connectivity index (χ4n) is 4.70. The molecule has 31 heavy (non-hydrogen) atoms. The zero-order chi connectivity index (χ0) is 22.0. The average molecular weight is 419 g/mol. The predicted molar refractivity (Wildman–Crippen MR) is 116 cm³/mol. The molecule has 0 heterocycles. The third kappa shape index (κ3) is 3.74. The average Bonchev–Trinajstić information content (AvgIpc) is 2.79. The van der Waals surface area contributed by atoms with Crippen molar-refractivity contribution in [3.05, 3.63) is 77.4 Å². The summed E-state index contributed by atoms with van der Waals surface area (Å²) >= 11 is 0. The topological polar surface area (TPSA) is 81.7 Å². The van der Waals surface area contributed by atoms with E-state index in [-0.39, 0.29) is 31.0 Å². The first kappa shape index (κ1) is 20.8. The summed E-state index contributed by atoms with van der Waals surface area (Å²) in [7, 11) is 0. The zero-order valence-electron chi connectivity index (χ0n) is 17.5. The molecule has 0 saturated heterocycles. The Morgan fingerprint density at radius 3 is 2.06 bits per heavy atom. The number of carbonyl (C=O) groups is 3. The summed E-state index contributed by atoms with van der Waals surface area (Å²) in [4.78, 5) is 38.5. The molecule has 0 fully saturated rings. The highest BCUT2D eigenvalue weighted by molar-refractivity contribution is 6.05. The van der Waals surface area contributed by atoms with Crippen LogP contribution in [0.15, 0.2) is 60.7 Å². The van der Waals surface area contributed by atoms with Gasteiger partial charge in [0.25, 0.3) is 5.91 Å². The summed E-state index contributed by atoms with van der Waals surface area (Å²) in [6, 6.07) is 14.6. The van der Waals surface area contributed by atoms with E-state index in [0.717, 1.165) is 11.1 Å². The number of anilines is 1. The van der Waals surface area contributed by atoms with Gasteiger partial charge in [0.2, 0.25) is 0 Å². The van der Waals surface area contributed by atoms with Gasteiger partial charge in [-0.15, -0.1) is 0 Å². The summed E-state index contributed by atoms with van der Waals surface area (Å²) in [5.74, 6) is -3.10. The van der Waals surface area contributed by atoms with E-state index in [1.54, 1.807) is 38.1 Å². The second-order valence-electron chi connectivity index (χ2n) is 7.62. The van der Waals surface area contributed by atoms with Crippen LogP contribution in [0.2, 0.25) is 0 Å². The lowest BCUT2D eigenvalue weighted by Gasteiger charge is -2.44. The first-order valence-corrected chi connectivity index (χ1v) is 10.6. The van der Waals surface area contributed by atoms with Gasteiger partial charge >= 0.3 is 11.9 Å². The molecule has 0 radical (unpaired) electrons.